The van der Waals surface area contributed by atoms with E-state index >= 15 is 0 Å². The highest BCUT2D eigenvalue weighted by atomic mass is 127. The van der Waals surface area contributed by atoms with Gasteiger partial charge in [0.1, 0.15) is 0 Å². The van der Waals surface area contributed by atoms with Crippen LogP contribution in [0.5, 0.6) is 0 Å². The Hall–Kier alpha value is -1.35. The Morgan fingerprint density at radius 3 is 2.54 bits per heavy atom. The summed E-state index contributed by atoms with van der Waals surface area (Å²) in [6, 6.07) is 10.6. The van der Waals surface area contributed by atoms with E-state index < -0.39 is 0 Å². The van der Waals surface area contributed by atoms with Gasteiger partial charge in [-0.1, -0.05) is 18.2 Å². The van der Waals surface area contributed by atoms with Gasteiger partial charge in [-0.15, -0.1) is 35.3 Å². The first kappa shape index (κ1) is 22.7. The number of halogens is 1. The molecule has 0 aliphatic rings. The number of aryl methyl sites for hydroxylation is 1. The molecule has 0 aliphatic heterocycles. The summed E-state index contributed by atoms with van der Waals surface area (Å²) >= 11 is 1.76. The van der Waals surface area contributed by atoms with Crippen LogP contribution in [0.1, 0.15) is 23.2 Å². The number of hydrogen-bond donors (Lipinski definition) is 2. The number of nitrogens with zero attached hydrogens (tertiary/aromatic N) is 3. The Bertz CT molecular complexity index is 644. The second-order valence-electron chi connectivity index (χ2n) is 5.81. The molecule has 2 N–H and O–H groups in total. The van der Waals surface area contributed by atoms with Crippen LogP contribution in [-0.4, -0.2) is 44.2 Å². The van der Waals surface area contributed by atoms with Gasteiger partial charge in [0, 0.05) is 56.4 Å². The smallest absolute Gasteiger partial charge is 0.190 e. The van der Waals surface area contributed by atoms with Gasteiger partial charge in [0.15, 0.2) is 5.96 Å². The number of thiazole rings is 1. The van der Waals surface area contributed by atoms with E-state index in [1.165, 1.54) is 15.6 Å². The molecule has 0 unspecified atom stereocenters. The average molecular weight is 487 g/mol. The molecule has 26 heavy (non-hydrogen) atoms. The van der Waals surface area contributed by atoms with Gasteiger partial charge in [-0.25, -0.2) is 4.98 Å². The number of para-hydroxylation sites is 1. The maximum atomic E-state index is 4.38. The van der Waals surface area contributed by atoms with E-state index in [2.05, 4.69) is 69.7 Å². The van der Waals surface area contributed by atoms with Crippen LogP contribution in [0, 0.1) is 6.92 Å². The summed E-state index contributed by atoms with van der Waals surface area (Å²) in [4.78, 5) is 12.3. The SMILES string of the molecule is CCN(CCCNC(=NC)NCCc1ncc(C)s1)c1ccccc1.I. The molecule has 2 rings (SSSR count). The van der Waals surface area contributed by atoms with Crippen molar-refractivity contribution in [3.8, 4) is 0 Å². The molecule has 1 aromatic carbocycles. The first-order valence-corrected chi connectivity index (χ1v) is 9.70. The van der Waals surface area contributed by atoms with E-state index in [4.69, 9.17) is 0 Å². The van der Waals surface area contributed by atoms with Crippen LogP contribution >= 0.6 is 35.3 Å². The number of aromatic nitrogens is 1. The van der Waals surface area contributed by atoms with Gasteiger partial charge in [-0.3, -0.25) is 4.99 Å². The number of nitrogens with one attached hydrogen (secondary N) is 2. The third-order valence-corrected chi connectivity index (χ3v) is 4.90. The fourth-order valence-corrected chi connectivity index (χ4v) is 3.40. The molecule has 144 valence electrons. The molecule has 0 saturated heterocycles. The third-order valence-electron chi connectivity index (χ3n) is 3.92. The highest BCUT2D eigenvalue weighted by molar-refractivity contribution is 14.0. The Morgan fingerprint density at radius 2 is 1.92 bits per heavy atom. The third kappa shape index (κ3) is 7.90. The van der Waals surface area contributed by atoms with Crippen molar-refractivity contribution < 1.29 is 0 Å². The van der Waals surface area contributed by atoms with Gasteiger partial charge in [0.2, 0.25) is 0 Å². The Morgan fingerprint density at radius 1 is 1.19 bits per heavy atom. The standard InChI is InChI=1S/C19H29N5S.HI/c1-4-24(17-9-6-5-7-10-17)14-8-12-21-19(20-3)22-13-11-18-23-15-16(2)25-18;/h5-7,9-10,15H,4,8,11-14H2,1-3H3,(H2,20,21,22);1H. The predicted molar refractivity (Wildman–Crippen MR) is 124 cm³/mol. The molecule has 0 amide bonds. The summed E-state index contributed by atoms with van der Waals surface area (Å²) in [5, 5.41) is 7.91. The van der Waals surface area contributed by atoms with Gasteiger partial charge in [0.25, 0.3) is 0 Å². The van der Waals surface area contributed by atoms with E-state index in [9.17, 15) is 0 Å². The van der Waals surface area contributed by atoms with E-state index in [1.54, 1.807) is 11.3 Å². The molecule has 0 atom stereocenters. The van der Waals surface area contributed by atoms with Crippen LogP contribution in [0.2, 0.25) is 0 Å². The number of guanidine groups is 1. The van der Waals surface area contributed by atoms with Crippen LogP contribution in [0.3, 0.4) is 0 Å². The lowest BCUT2D eigenvalue weighted by Crippen LogP contribution is -2.39. The number of hydrogen-bond acceptors (Lipinski definition) is 4. The Labute approximate surface area is 178 Å². The lowest BCUT2D eigenvalue weighted by atomic mass is 10.2. The molecule has 0 bridgehead atoms. The Balaban J connectivity index is 0.00000338. The molecule has 2 aromatic rings. The van der Waals surface area contributed by atoms with Crippen LogP contribution in [-0.2, 0) is 6.42 Å². The summed E-state index contributed by atoms with van der Waals surface area (Å²) in [7, 11) is 1.81. The lowest BCUT2D eigenvalue weighted by Gasteiger charge is -2.23. The number of aliphatic imine (C=N–C) groups is 1. The molecular weight excluding hydrogens is 457 g/mol. The molecular formula is C19H30IN5S. The number of rotatable bonds is 9. The Kier molecular flexibility index (Phi) is 11.3. The number of anilines is 1. The van der Waals surface area contributed by atoms with E-state index in [0.29, 0.717) is 0 Å². The summed E-state index contributed by atoms with van der Waals surface area (Å²) in [6.07, 6.45) is 3.92. The van der Waals surface area contributed by atoms with Gasteiger partial charge in [-0.05, 0) is 32.4 Å². The van der Waals surface area contributed by atoms with E-state index in [0.717, 1.165) is 45.0 Å². The zero-order valence-corrected chi connectivity index (χ0v) is 19.0. The quantitative estimate of drug-likeness (QED) is 0.245. The van der Waals surface area contributed by atoms with E-state index in [1.807, 2.05) is 13.2 Å². The van der Waals surface area contributed by atoms with Crippen LogP contribution in [0.15, 0.2) is 41.5 Å². The fourth-order valence-electron chi connectivity index (χ4n) is 2.61. The zero-order valence-electron chi connectivity index (χ0n) is 15.9. The van der Waals surface area contributed by atoms with Crippen molar-refractivity contribution in [1.29, 1.82) is 0 Å². The van der Waals surface area contributed by atoms with Gasteiger partial charge in [-0.2, -0.15) is 0 Å². The molecule has 0 fully saturated rings. The molecule has 0 aliphatic carbocycles. The number of benzene rings is 1. The van der Waals surface area contributed by atoms with Crippen molar-refractivity contribution in [3.05, 3.63) is 46.4 Å². The van der Waals surface area contributed by atoms with Crippen molar-refractivity contribution in [3.63, 3.8) is 0 Å². The molecule has 7 heteroatoms. The molecule has 0 saturated carbocycles. The molecule has 1 aromatic heterocycles. The summed E-state index contributed by atoms with van der Waals surface area (Å²) in [5.74, 6) is 0.857. The van der Waals surface area contributed by atoms with Crippen LogP contribution in [0.4, 0.5) is 5.69 Å². The van der Waals surface area contributed by atoms with Crippen molar-refractivity contribution in [1.82, 2.24) is 15.6 Å². The topological polar surface area (TPSA) is 52.5 Å². The van der Waals surface area contributed by atoms with Crippen molar-refractivity contribution >= 4 is 47.0 Å². The maximum Gasteiger partial charge on any atom is 0.190 e. The first-order valence-electron chi connectivity index (χ1n) is 8.88. The van der Waals surface area contributed by atoms with Crippen molar-refractivity contribution in [2.24, 2.45) is 4.99 Å². The zero-order chi connectivity index (χ0) is 17.9. The highest BCUT2D eigenvalue weighted by Gasteiger charge is 2.04. The van der Waals surface area contributed by atoms with Crippen molar-refractivity contribution in [2.75, 3.05) is 38.1 Å². The largest absolute Gasteiger partial charge is 0.372 e. The van der Waals surface area contributed by atoms with Gasteiger partial charge < -0.3 is 15.5 Å². The minimum atomic E-state index is 0. The molecule has 5 nitrogen and oxygen atoms in total. The molecule has 0 spiro atoms. The highest BCUT2D eigenvalue weighted by Crippen LogP contribution is 2.13. The van der Waals surface area contributed by atoms with Crippen LogP contribution in [0.25, 0.3) is 0 Å². The summed E-state index contributed by atoms with van der Waals surface area (Å²) in [5.41, 5.74) is 1.28. The average Bonchev–Trinajstić information content (AvgIpc) is 3.06. The molecule has 0 radical (unpaired) electrons. The summed E-state index contributed by atoms with van der Waals surface area (Å²) < 4.78 is 0. The van der Waals surface area contributed by atoms with Crippen LogP contribution < -0.4 is 15.5 Å². The second kappa shape index (κ2) is 12.9. The minimum Gasteiger partial charge on any atom is -0.372 e. The normalized spacial score (nSPS) is 11.0. The lowest BCUT2D eigenvalue weighted by molar-refractivity contribution is 0.707. The van der Waals surface area contributed by atoms with E-state index in [-0.39, 0.29) is 24.0 Å². The maximum absolute atomic E-state index is 4.38. The van der Waals surface area contributed by atoms with Gasteiger partial charge >= 0.3 is 0 Å². The first-order chi connectivity index (χ1) is 12.2. The fraction of sp³-hybridized carbons (Fsp3) is 0.474. The predicted octanol–water partition coefficient (Wildman–Crippen LogP) is 3.69. The molecule has 1 heterocycles. The second-order valence-corrected chi connectivity index (χ2v) is 7.13. The van der Waals surface area contributed by atoms with Crippen molar-refractivity contribution in [2.45, 2.75) is 26.7 Å². The monoisotopic (exact) mass is 487 g/mol. The minimum absolute atomic E-state index is 0. The van der Waals surface area contributed by atoms with Gasteiger partial charge in [0.05, 0.1) is 5.01 Å². The summed E-state index contributed by atoms with van der Waals surface area (Å²) in [6.45, 7) is 8.08.